The molecule has 0 aliphatic heterocycles. The Hall–Kier alpha value is -0.380. The van der Waals surface area contributed by atoms with Crippen LogP contribution in [0.5, 0.6) is 0 Å². The number of hydrogen-bond donors (Lipinski definition) is 2. The van der Waals surface area contributed by atoms with Crippen LogP contribution in [0.4, 0.5) is 0 Å². The van der Waals surface area contributed by atoms with Gasteiger partial charge in [-0.25, -0.2) is 0 Å². The summed E-state index contributed by atoms with van der Waals surface area (Å²) >= 11 is 1.85. The molecule has 0 aliphatic carbocycles. The lowest BCUT2D eigenvalue weighted by atomic mass is 9.96. The molecule has 0 fully saturated rings. The van der Waals surface area contributed by atoms with Crippen LogP contribution in [-0.4, -0.2) is 13.1 Å². The largest absolute Gasteiger partial charge is 0.330 e. The fraction of sp³-hybridized carbons (Fsp3) is 0.692. The second-order valence-electron chi connectivity index (χ2n) is 4.59. The standard InChI is InChI=1S/C13H24N2S/c1-4-11-5-6-16-13(11)9-15-8-12(7-14)10(2)3/h5-6,10,12,15H,4,7-9,14H2,1-3H3. The minimum absolute atomic E-state index is 0.588. The molecule has 1 heterocycles. The van der Waals surface area contributed by atoms with Gasteiger partial charge < -0.3 is 11.1 Å². The molecule has 0 saturated carbocycles. The van der Waals surface area contributed by atoms with E-state index >= 15 is 0 Å². The molecule has 0 bridgehead atoms. The van der Waals surface area contributed by atoms with Crippen molar-refractivity contribution in [1.29, 1.82) is 0 Å². The van der Waals surface area contributed by atoms with Crippen molar-refractivity contribution in [3.63, 3.8) is 0 Å². The van der Waals surface area contributed by atoms with E-state index in [2.05, 4.69) is 37.5 Å². The number of hydrogen-bond acceptors (Lipinski definition) is 3. The van der Waals surface area contributed by atoms with Crippen molar-refractivity contribution < 1.29 is 0 Å². The Bertz CT molecular complexity index is 294. The van der Waals surface area contributed by atoms with Crippen molar-refractivity contribution in [2.45, 2.75) is 33.7 Å². The molecule has 3 N–H and O–H groups in total. The Morgan fingerprint density at radius 3 is 2.75 bits per heavy atom. The Morgan fingerprint density at radius 1 is 1.44 bits per heavy atom. The normalized spacial score (nSPS) is 13.3. The van der Waals surface area contributed by atoms with Crippen LogP contribution in [0.1, 0.15) is 31.2 Å². The van der Waals surface area contributed by atoms with Gasteiger partial charge in [0.1, 0.15) is 0 Å². The monoisotopic (exact) mass is 240 g/mol. The van der Waals surface area contributed by atoms with Crippen LogP contribution >= 0.6 is 11.3 Å². The van der Waals surface area contributed by atoms with E-state index in [-0.39, 0.29) is 0 Å². The van der Waals surface area contributed by atoms with Gasteiger partial charge in [0.15, 0.2) is 0 Å². The van der Waals surface area contributed by atoms with Crippen molar-refractivity contribution in [3.05, 3.63) is 21.9 Å². The van der Waals surface area contributed by atoms with Crippen molar-refractivity contribution in [3.8, 4) is 0 Å². The first kappa shape index (κ1) is 13.7. The van der Waals surface area contributed by atoms with E-state index in [0.29, 0.717) is 11.8 Å². The highest BCUT2D eigenvalue weighted by Crippen LogP contribution is 2.17. The second kappa shape index (κ2) is 7.05. The quantitative estimate of drug-likeness (QED) is 0.769. The summed E-state index contributed by atoms with van der Waals surface area (Å²) in [5, 5.41) is 5.70. The Morgan fingerprint density at radius 2 is 2.19 bits per heavy atom. The summed E-state index contributed by atoms with van der Waals surface area (Å²) in [6.45, 7) is 9.47. The van der Waals surface area contributed by atoms with Gasteiger partial charge in [0, 0.05) is 11.4 Å². The van der Waals surface area contributed by atoms with E-state index in [1.165, 1.54) is 10.4 Å². The zero-order valence-electron chi connectivity index (χ0n) is 10.6. The van der Waals surface area contributed by atoms with E-state index in [4.69, 9.17) is 5.73 Å². The number of nitrogens with two attached hydrogens (primary N) is 1. The molecule has 16 heavy (non-hydrogen) atoms. The van der Waals surface area contributed by atoms with Crippen molar-refractivity contribution in [1.82, 2.24) is 5.32 Å². The van der Waals surface area contributed by atoms with Crippen LogP contribution in [0.25, 0.3) is 0 Å². The van der Waals surface area contributed by atoms with Gasteiger partial charge >= 0.3 is 0 Å². The molecular formula is C13H24N2S. The van der Waals surface area contributed by atoms with Crippen molar-refractivity contribution >= 4 is 11.3 Å². The van der Waals surface area contributed by atoms with Crippen LogP contribution in [0.15, 0.2) is 11.4 Å². The highest BCUT2D eigenvalue weighted by Gasteiger charge is 2.11. The number of nitrogens with one attached hydrogen (secondary N) is 1. The molecule has 0 spiro atoms. The van der Waals surface area contributed by atoms with E-state index in [0.717, 1.165) is 26.1 Å². The molecule has 2 nitrogen and oxygen atoms in total. The van der Waals surface area contributed by atoms with Crippen LogP contribution in [0.2, 0.25) is 0 Å². The molecule has 0 amide bonds. The van der Waals surface area contributed by atoms with Crippen LogP contribution in [0.3, 0.4) is 0 Å². The zero-order valence-corrected chi connectivity index (χ0v) is 11.4. The third-order valence-electron chi connectivity index (χ3n) is 3.16. The van der Waals surface area contributed by atoms with Gasteiger partial charge in [-0.15, -0.1) is 11.3 Å². The topological polar surface area (TPSA) is 38.0 Å². The van der Waals surface area contributed by atoms with E-state index in [9.17, 15) is 0 Å². The molecule has 0 aromatic carbocycles. The van der Waals surface area contributed by atoms with Crippen molar-refractivity contribution in [2.75, 3.05) is 13.1 Å². The van der Waals surface area contributed by atoms with Gasteiger partial charge in [0.2, 0.25) is 0 Å². The van der Waals surface area contributed by atoms with E-state index in [1.54, 1.807) is 0 Å². The average Bonchev–Trinajstić information content (AvgIpc) is 2.71. The summed E-state index contributed by atoms with van der Waals surface area (Å²) in [4.78, 5) is 1.47. The third-order valence-corrected chi connectivity index (χ3v) is 4.12. The maximum Gasteiger partial charge on any atom is 0.0302 e. The predicted octanol–water partition coefficient (Wildman–Crippen LogP) is 2.63. The first-order valence-corrected chi connectivity index (χ1v) is 7.03. The molecule has 1 aromatic heterocycles. The minimum atomic E-state index is 0.588. The van der Waals surface area contributed by atoms with Gasteiger partial charge in [0.05, 0.1) is 0 Å². The van der Waals surface area contributed by atoms with Crippen molar-refractivity contribution in [2.24, 2.45) is 17.6 Å². The second-order valence-corrected chi connectivity index (χ2v) is 5.59. The summed E-state index contributed by atoms with van der Waals surface area (Å²) in [5.74, 6) is 1.25. The maximum atomic E-state index is 5.75. The minimum Gasteiger partial charge on any atom is -0.330 e. The Labute approximate surface area is 103 Å². The highest BCUT2D eigenvalue weighted by atomic mass is 32.1. The fourth-order valence-electron chi connectivity index (χ4n) is 1.80. The zero-order chi connectivity index (χ0) is 12.0. The SMILES string of the molecule is CCc1ccsc1CNCC(CN)C(C)C. The van der Waals surface area contributed by atoms with Gasteiger partial charge in [-0.05, 0) is 48.4 Å². The first-order chi connectivity index (χ1) is 7.69. The average molecular weight is 240 g/mol. The Kier molecular flexibility index (Phi) is 6.03. The summed E-state index contributed by atoms with van der Waals surface area (Å²) < 4.78 is 0. The first-order valence-electron chi connectivity index (χ1n) is 6.15. The lowest BCUT2D eigenvalue weighted by molar-refractivity contribution is 0.371. The van der Waals surface area contributed by atoms with Gasteiger partial charge in [-0.3, -0.25) is 0 Å². The molecule has 0 aliphatic rings. The summed E-state index contributed by atoms with van der Waals surface area (Å²) in [5.41, 5.74) is 7.23. The predicted molar refractivity (Wildman–Crippen MR) is 72.8 cm³/mol. The number of aryl methyl sites for hydroxylation is 1. The molecule has 1 rings (SSSR count). The third kappa shape index (κ3) is 3.89. The molecule has 1 unspecified atom stereocenters. The molecule has 0 saturated heterocycles. The molecule has 1 aromatic rings. The maximum absolute atomic E-state index is 5.75. The van der Waals surface area contributed by atoms with Crippen LogP contribution in [0, 0.1) is 11.8 Å². The summed E-state index contributed by atoms with van der Waals surface area (Å²) in [7, 11) is 0. The fourth-order valence-corrected chi connectivity index (χ4v) is 2.75. The number of thiophene rings is 1. The van der Waals surface area contributed by atoms with Crippen LogP contribution < -0.4 is 11.1 Å². The molecule has 0 radical (unpaired) electrons. The molecule has 92 valence electrons. The van der Waals surface area contributed by atoms with Gasteiger partial charge in [0.25, 0.3) is 0 Å². The van der Waals surface area contributed by atoms with Gasteiger partial charge in [-0.2, -0.15) is 0 Å². The highest BCUT2D eigenvalue weighted by molar-refractivity contribution is 7.10. The lowest BCUT2D eigenvalue weighted by Gasteiger charge is -2.19. The lowest BCUT2D eigenvalue weighted by Crippen LogP contribution is -2.31. The van der Waals surface area contributed by atoms with Crippen LogP contribution in [-0.2, 0) is 13.0 Å². The van der Waals surface area contributed by atoms with Gasteiger partial charge in [-0.1, -0.05) is 20.8 Å². The molecule has 1 atom stereocenters. The van der Waals surface area contributed by atoms with E-state index < -0.39 is 0 Å². The Balaban J connectivity index is 2.35. The molecular weight excluding hydrogens is 216 g/mol. The van der Waals surface area contributed by atoms with E-state index in [1.807, 2.05) is 11.3 Å². The smallest absolute Gasteiger partial charge is 0.0302 e. The number of rotatable bonds is 7. The summed E-state index contributed by atoms with van der Waals surface area (Å²) in [6.07, 6.45) is 1.13. The summed E-state index contributed by atoms with van der Waals surface area (Å²) in [6, 6.07) is 2.23. The molecule has 3 heteroatoms.